The van der Waals surface area contributed by atoms with Gasteiger partial charge in [-0.05, 0) is 42.4 Å². The third-order valence-electron chi connectivity index (χ3n) is 9.03. The van der Waals surface area contributed by atoms with E-state index in [0.29, 0.717) is 10.8 Å². The first-order valence-corrected chi connectivity index (χ1v) is 17.6. The number of hydrogen-bond donors (Lipinski definition) is 2. The lowest BCUT2D eigenvalue weighted by Gasteiger charge is -2.36. The summed E-state index contributed by atoms with van der Waals surface area (Å²) in [7, 11) is 1.42. The number of aromatic nitrogens is 1. The van der Waals surface area contributed by atoms with E-state index < -0.39 is 11.5 Å². The van der Waals surface area contributed by atoms with Crippen LogP contribution in [0.5, 0.6) is 0 Å². The highest BCUT2D eigenvalue weighted by Crippen LogP contribution is 2.40. The number of hydrogen-bond acceptors (Lipinski definition) is 8. The third kappa shape index (κ3) is 7.91. The van der Waals surface area contributed by atoms with Gasteiger partial charge in [0.05, 0.1) is 6.04 Å². The van der Waals surface area contributed by atoms with E-state index in [2.05, 4.69) is 52.2 Å². The number of rotatable bonds is 10. The second kappa shape index (κ2) is 15.9. The summed E-state index contributed by atoms with van der Waals surface area (Å²) in [6.45, 7) is 0. The number of carbonyl (C=O) groups excluding carboxylic acids is 1. The minimum Gasteiger partial charge on any atom is -0.398 e. The van der Waals surface area contributed by atoms with Gasteiger partial charge in [0.1, 0.15) is 18.3 Å². The lowest BCUT2D eigenvalue weighted by molar-refractivity contribution is -0.128. The Bertz CT molecular complexity index is 1530. The molecule has 0 saturated heterocycles. The average molecular weight is 650 g/mol. The molecular weight excluding hydrogens is 607 g/mol. The van der Waals surface area contributed by atoms with Crippen molar-refractivity contribution < 1.29 is 14.4 Å². The van der Waals surface area contributed by atoms with Gasteiger partial charge in [0.15, 0.2) is 5.13 Å². The molecule has 2 aliphatic rings. The van der Waals surface area contributed by atoms with E-state index in [1.165, 1.54) is 31.3 Å². The Hall–Kier alpha value is -4.50. The third-order valence-corrected chi connectivity index (χ3v) is 9.79. The standard InChI is InChI=1S/C38H43N5O3S/c1-45-43-34(35(44)46-36(39-31-23-13-5-14-24-31)40-32-25-15-6-16-26-32)33-27-47-37(41-33)42-38(28-17-7-2-8-18-28,29-19-9-3-10-20-29)30-21-11-4-12-22-30/h2-4,7-12,17-22,27,31-32H,5-6,13-16,23-26H2,1H3,(H,39,40)(H,41,42)/b43-34-. The monoisotopic (exact) mass is 649 g/mol. The van der Waals surface area contributed by atoms with Crippen LogP contribution in [0.25, 0.3) is 0 Å². The van der Waals surface area contributed by atoms with Crippen LogP contribution in [-0.4, -0.2) is 41.9 Å². The maximum absolute atomic E-state index is 13.8. The zero-order valence-corrected chi connectivity index (χ0v) is 27.8. The molecule has 4 aromatic rings. The Balaban J connectivity index is 1.31. The summed E-state index contributed by atoms with van der Waals surface area (Å²) in [5.74, 6) is -0.651. The predicted molar refractivity (Wildman–Crippen MR) is 189 cm³/mol. The number of aliphatic imine (C=N–C) groups is 1. The van der Waals surface area contributed by atoms with Crippen molar-refractivity contribution in [2.45, 2.75) is 81.8 Å². The SMILES string of the molecule is CO/N=C(\C(=O)OC(=NC1CCCCC1)NC1CCCCC1)c1csc(NC(c2ccccc2)(c2ccccc2)c2ccccc2)n1. The molecule has 1 heterocycles. The van der Waals surface area contributed by atoms with Gasteiger partial charge >= 0.3 is 5.97 Å². The van der Waals surface area contributed by atoms with Gasteiger partial charge in [-0.1, -0.05) is 135 Å². The maximum Gasteiger partial charge on any atom is 0.370 e. The summed E-state index contributed by atoms with van der Waals surface area (Å²) >= 11 is 1.40. The van der Waals surface area contributed by atoms with E-state index in [9.17, 15) is 4.79 Å². The molecule has 1 aromatic heterocycles. The van der Waals surface area contributed by atoms with Crippen LogP contribution < -0.4 is 10.6 Å². The minimum absolute atomic E-state index is 0.0108. The smallest absolute Gasteiger partial charge is 0.370 e. The molecule has 2 N–H and O–H groups in total. The van der Waals surface area contributed by atoms with Gasteiger partial charge in [0.2, 0.25) is 5.71 Å². The Morgan fingerprint density at radius 2 is 1.32 bits per heavy atom. The van der Waals surface area contributed by atoms with Crippen LogP contribution in [-0.2, 0) is 19.9 Å². The lowest BCUT2D eigenvalue weighted by Crippen LogP contribution is -2.40. The first kappa shape index (κ1) is 32.4. The maximum atomic E-state index is 13.8. The van der Waals surface area contributed by atoms with Crippen molar-refractivity contribution in [2.75, 3.05) is 12.4 Å². The summed E-state index contributed by atoms with van der Waals surface area (Å²) in [6, 6.07) is 31.6. The number of oxime groups is 1. The zero-order valence-electron chi connectivity index (χ0n) is 26.9. The highest BCUT2D eigenvalue weighted by atomic mass is 32.1. The molecule has 47 heavy (non-hydrogen) atoms. The fourth-order valence-electron chi connectivity index (χ4n) is 6.69. The Labute approximate surface area is 281 Å². The quantitative estimate of drug-likeness (QED) is 0.0593. The number of nitrogens with zero attached hydrogens (tertiary/aromatic N) is 3. The molecule has 2 fully saturated rings. The highest BCUT2D eigenvalue weighted by molar-refractivity contribution is 7.14. The lowest BCUT2D eigenvalue weighted by atomic mass is 9.77. The number of carbonyl (C=O) groups is 1. The van der Waals surface area contributed by atoms with Crippen molar-refractivity contribution in [1.82, 2.24) is 10.3 Å². The van der Waals surface area contributed by atoms with Crippen molar-refractivity contribution in [2.24, 2.45) is 10.1 Å². The Kier molecular flexibility index (Phi) is 11.0. The number of nitrogens with one attached hydrogen (secondary N) is 2. The predicted octanol–water partition coefficient (Wildman–Crippen LogP) is 8.05. The number of esters is 1. The minimum atomic E-state index is -0.762. The first-order valence-electron chi connectivity index (χ1n) is 16.7. The molecule has 2 aliphatic carbocycles. The van der Waals surface area contributed by atoms with E-state index in [1.54, 1.807) is 5.38 Å². The number of anilines is 1. The van der Waals surface area contributed by atoms with Gasteiger partial charge in [-0.3, -0.25) is 0 Å². The molecule has 0 radical (unpaired) electrons. The number of benzene rings is 3. The molecule has 0 atom stereocenters. The normalized spacial score (nSPS) is 16.8. The second-order valence-corrected chi connectivity index (χ2v) is 13.1. The van der Waals surface area contributed by atoms with Gasteiger partial charge in [-0.15, -0.1) is 11.3 Å². The molecule has 2 saturated carbocycles. The molecule has 0 amide bonds. The van der Waals surface area contributed by atoms with Crippen LogP contribution in [0.15, 0.2) is 107 Å². The summed E-state index contributed by atoms with van der Waals surface area (Å²) in [5.41, 5.74) is 2.75. The average Bonchev–Trinajstić information content (AvgIpc) is 3.59. The largest absolute Gasteiger partial charge is 0.398 e. The summed E-state index contributed by atoms with van der Waals surface area (Å²) in [5, 5.41) is 13.7. The topological polar surface area (TPSA) is 97.2 Å². The van der Waals surface area contributed by atoms with Crippen molar-refractivity contribution >= 4 is 34.2 Å². The zero-order chi connectivity index (χ0) is 32.3. The molecule has 6 rings (SSSR count). The van der Waals surface area contributed by atoms with E-state index >= 15 is 0 Å². The van der Waals surface area contributed by atoms with Crippen LogP contribution in [0.2, 0.25) is 0 Å². The summed E-state index contributed by atoms with van der Waals surface area (Å²) in [6.07, 6.45) is 11.1. The number of amidine groups is 1. The highest BCUT2D eigenvalue weighted by Gasteiger charge is 2.37. The molecule has 0 bridgehead atoms. The van der Waals surface area contributed by atoms with E-state index in [4.69, 9.17) is 19.6 Å². The Morgan fingerprint density at radius 1 is 0.787 bits per heavy atom. The van der Waals surface area contributed by atoms with Crippen LogP contribution in [0.3, 0.4) is 0 Å². The van der Waals surface area contributed by atoms with E-state index in [-0.39, 0.29) is 23.8 Å². The molecule has 244 valence electrons. The van der Waals surface area contributed by atoms with E-state index in [0.717, 1.165) is 68.1 Å². The van der Waals surface area contributed by atoms with Crippen LogP contribution in [0.4, 0.5) is 5.13 Å². The van der Waals surface area contributed by atoms with Crippen molar-refractivity contribution in [3.05, 3.63) is 119 Å². The molecule has 0 aliphatic heterocycles. The summed E-state index contributed by atoms with van der Waals surface area (Å²) < 4.78 is 5.98. The molecule has 0 spiro atoms. The van der Waals surface area contributed by atoms with Crippen molar-refractivity contribution in [1.29, 1.82) is 0 Å². The van der Waals surface area contributed by atoms with Gasteiger partial charge in [0.25, 0.3) is 6.02 Å². The fourth-order valence-corrected chi connectivity index (χ4v) is 7.44. The molecule has 3 aromatic carbocycles. The van der Waals surface area contributed by atoms with Crippen molar-refractivity contribution in [3.63, 3.8) is 0 Å². The first-order chi connectivity index (χ1) is 23.2. The molecule has 8 nitrogen and oxygen atoms in total. The molecule has 0 unspecified atom stereocenters. The van der Waals surface area contributed by atoms with Gasteiger partial charge < -0.3 is 20.2 Å². The van der Waals surface area contributed by atoms with E-state index in [1.807, 2.05) is 54.6 Å². The Morgan fingerprint density at radius 3 is 1.85 bits per heavy atom. The number of thiazole rings is 1. The van der Waals surface area contributed by atoms with Gasteiger partial charge in [-0.25, -0.2) is 14.8 Å². The molecular formula is C38H43N5O3S. The van der Waals surface area contributed by atoms with Crippen molar-refractivity contribution in [3.8, 4) is 0 Å². The summed E-state index contributed by atoms with van der Waals surface area (Å²) in [4.78, 5) is 28.7. The van der Waals surface area contributed by atoms with Gasteiger partial charge in [-0.2, -0.15) is 0 Å². The van der Waals surface area contributed by atoms with Crippen LogP contribution in [0, 0.1) is 0 Å². The fraction of sp³-hybridized carbons (Fsp3) is 0.368. The van der Waals surface area contributed by atoms with Crippen LogP contribution >= 0.6 is 11.3 Å². The second-order valence-electron chi connectivity index (χ2n) is 12.2. The number of ether oxygens (including phenoxy) is 1. The van der Waals surface area contributed by atoms with Gasteiger partial charge in [0, 0.05) is 11.4 Å². The van der Waals surface area contributed by atoms with Crippen LogP contribution in [0.1, 0.15) is 86.6 Å². The molecule has 9 heteroatoms.